The van der Waals surface area contributed by atoms with Crippen LogP contribution in [0, 0.1) is 0 Å². The molecule has 0 radical (unpaired) electrons. The first-order valence-corrected chi connectivity index (χ1v) is 19.0. The first-order chi connectivity index (χ1) is 27.7. The summed E-state index contributed by atoms with van der Waals surface area (Å²) >= 11 is 0. The van der Waals surface area contributed by atoms with Gasteiger partial charge in [-0.15, -0.1) is 0 Å². The molecule has 0 atom stereocenters. The van der Waals surface area contributed by atoms with Crippen LogP contribution in [0.4, 0.5) is 0 Å². The van der Waals surface area contributed by atoms with Gasteiger partial charge in [0.2, 0.25) is 0 Å². The van der Waals surface area contributed by atoms with Crippen molar-refractivity contribution in [2.24, 2.45) is 0 Å². The van der Waals surface area contributed by atoms with E-state index < -0.39 is 0 Å². The molecule has 56 heavy (non-hydrogen) atoms. The fraction of sp³-hybridized carbons (Fsp3) is 0. The normalized spacial score (nSPS) is 11.6. The van der Waals surface area contributed by atoms with Crippen LogP contribution in [0.25, 0.3) is 105 Å². The summed E-state index contributed by atoms with van der Waals surface area (Å²) in [5.41, 5.74) is 16.4. The van der Waals surface area contributed by atoms with E-state index in [9.17, 15) is 0 Å². The van der Waals surface area contributed by atoms with Crippen molar-refractivity contribution in [2.75, 3.05) is 0 Å². The molecule has 0 unspecified atom stereocenters. The largest absolute Gasteiger partial charge is 0.456 e. The molecule has 0 saturated carbocycles. The van der Waals surface area contributed by atoms with Gasteiger partial charge in [-0.05, 0) is 100 Å². The van der Waals surface area contributed by atoms with Crippen LogP contribution < -0.4 is 0 Å². The molecule has 8 aromatic carbocycles. The van der Waals surface area contributed by atoms with E-state index >= 15 is 0 Å². The zero-order chi connectivity index (χ0) is 37.0. The van der Waals surface area contributed by atoms with Gasteiger partial charge in [0.25, 0.3) is 0 Å². The van der Waals surface area contributed by atoms with Gasteiger partial charge < -0.3 is 8.98 Å². The van der Waals surface area contributed by atoms with Crippen molar-refractivity contribution < 1.29 is 4.42 Å². The summed E-state index contributed by atoms with van der Waals surface area (Å²) in [7, 11) is 0. The van der Waals surface area contributed by atoms with Crippen LogP contribution in [0.5, 0.6) is 0 Å². The van der Waals surface area contributed by atoms with Crippen molar-refractivity contribution in [1.29, 1.82) is 0 Å². The molecule has 0 aliphatic heterocycles. The van der Waals surface area contributed by atoms with Crippen LogP contribution >= 0.6 is 0 Å². The number of para-hydroxylation sites is 1. The number of rotatable bonds is 6. The SMILES string of the molecule is c1ccc(-c2cc(-c3ccccc3)nc(-c3ccc(-n4c5ccc(-c6ccccc6)cc5c5cc(-c6ccc7oc8ccccc8c7c6)ccc54)cc3)c2)cc1. The molecule has 0 bridgehead atoms. The fourth-order valence-electron chi connectivity index (χ4n) is 8.21. The molecule has 0 aliphatic rings. The third-order valence-electron chi connectivity index (χ3n) is 11.0. The fourth-order valence-corrected chi connectivity index (χ4v) is 8.21. The predicted molar refractivity (Wildman–Crippen MR) is 233 cm³/mol. The summed E-state index contributed by atoms with van der Waals surface area (Å²) in [6.07, 6.45) is 0. The van der Waals surface area contributed by atoms with Crippen molar-refractivity contribution in [1.82, 2.24) is 9.55 Å². The van der Waals surface area contributed by atoms with E-state index in [-0.39, 0.29) is 0 Å². The highest BCUT2D eigenvalue weighted by Crippen LogP contribution is 2.39. The van der Waals surface area contributed by atoms with Crippen LogP contribution in [0.2, 0.25) is 0 Å². The third kappa shape index (κ3) is 5.49. The third-order valence-corrected chi connectivity index (χ3v) is 11.0. The molecule has 0 aliphatic carbocycles. The van der Waals surface area contributed by atoms with Crippen molar-refractivity contribution in [3.05, 3.63) is 206 Å². The monoisotopic (exact) mass is 714 g/mol. The lowest BCUT2D eigenvalue weighted by atomic mass is 9.99. The minimum Gasteiger partial charge on any atom is -0.456 e. The van der Waals surface area contributed by atoms with E-state index in [1.54, 1.807) is 0 Å². The molecule has 3 heterocycles. The Hall–Kier alpha value is -7.49. The number of nitrogens with zero attached hydrogens (tertiary/aromatic N) is 2. The highest BCUT2D eigenvalue weighted by Gasteiger charge is 2.17. The second-order valence-corrected chi connectivity index (χ2v) is 14.4. The Morgan fingerprint density at radius 1 is 0.304 bits per heavy atom. The minimum atomic E-state index is 0.905. The average Bonchev–Trinajstić information content (AvgIpc) is 3.82. The molecule has 3 aromatic heterocycles. The topological polar surface area (TPSA) is 31.0 Å². The summed E-state index contributed by atoms with van der Waals surface area (Å²) in [6.45, 7) is 0. The zero-order valence-electron chi connectivity index (χ0n) is 30.4. The lowest BCUT2D eigenvalue weighted by Crippen LogP contribution is -1.95. The average molecular weight is 715 g/mol. The van der Waals surface area contributed by atoms with Crippen LogP contribution in [0.15, 0.2) is 211 Å². The number of furan rings is 1. The first kappa shape index (κ1) is 32.0. The van der Waals surface area contributed by atoms with Crippen molar-refractivity contribution in [3.63, 3.8) is 0 Å². The zero-order valence-corrected chi connectivity index (χ0v) is 30.4. The quantitative estimate of drug-likeness (QED) is 0.172. The summed E-state index contributed by atoms with van der Waals surface area (Å²) in [6, 6.07) is 73.4. The van der Waals surface area contributed by atoms with E-state index in [4.69, 9.17) is 9.40 Å². The summed E-state index contributed by atoms with van der Waals surface area (Å²) in [5.74, 6) is 0. The second-order valence-electron chi connectivity index (χ2n) is 14.4. The second kappa shape index (κ2) is 13.1. The Morgan fingerprint density at radius 3 is 1.38 bits per heavy atom. The number of hydrogen-bond donors (Lipinski definition) is 0. The lowest BCUT2D eigenvalue weighted by Gasteiger charge is -2.12. The molecule has 262 valence electrons. The Kier molecular flexibility index (Phi) is 7.49. The van der Waals surface area contributed by atoms with E-state index in [1.807, 2.05) is 18.2 Å². The molecule has 11 aromatic rings. The molecule has 0 spiro atoms. The maximum atomic E-state index is 6.16. The van der Waals surface area contributed by atoms with Gasteiger partial charge in [0.1, 0.15) is 11.2 Å². The van der Waals surface area contributed by atoms with Crippen LogP contribution in [-0.4, -0.2) is 9.55 Å². The maximum Gasteiger partial charge on any atom is 0.135 e. The molecular formula is C53H34N2O. The minimum absolute atomic E-state index is 0.905. The molecular weight excluding hydrogens is 681 g/mol. The Labute approximate surface area is 324 Å². The Bertz CT molecular complexity index is 3160. The molecule has 11 rings (SSSR count). The van der Waals surface area contributed by atoms with Gasteiger partial charge in [-0.2, -0.15) is 0 Å². The Morgan fingerprint density at radius 2 is 0.750 bits per heavy atom. The molecule has 3 heteroatoms. The maximum absolute atomic E-state index is 6.16. The number of pyridine rings is 1. The van der Waals surface area contributed by atoms with Crippen molar-refractivity contribution in [2.45, 2.75) is 0 Å². The standard InChI is InChI=1S/C53H34N2O/c1-4-12-35(13-5-1)39-22-27-50-45(30-39)46-31-40(41-24-29-53-47(32-41)44-18-10-11-19-52(44)56-53)23-28-51(46)55(50)43-25-20-38(21-26-43)49-34-42(36-14-6-2-7-15-36)33-48(54-49)37-16-8-3-9-17-37/h1-34H. The van der Waals surface area contributed by atoms with Gasteiger partial charge in [0.15, 0.2) is 0 Å². The number of benzene rings is 8. The van der Waals surface area contributed by atoms with Gasteiger partial charge >= 0.3 is 0 Å². The number of aromatic nitrogens is 2. The van der Waals surface area contributed by atoms with Gasteiger partial charge in [0, 0.05) is 38.4 Å². The number of hydrogen-bond acceptors (Lipinski definition) is 2. The van der Waals surface area contributed by atoms with E-state index in [0.717, 1.165) is 72.3 Å². The number of fused-ring (bicyclic) bond motifs is 6. The van der Waals surface area contributed by atoms with Gasteiger partial charge in [-0.25, -0.2) is 4.98 Å². The summed E-state index contributed by atoms with van der Waals surface area (Å²) < 4.78 is 8.55. The Balaban J connectivity index is 1.06. The summed E-state index contributed by atoms with van der Waals surface area (Å²) in [4.78, 5) is 5.19. The van der Waals surface area contributed by atoms with Gasteiger partial charge in [-0.1, -0.05) is 140 Å². The molecule has 0 amide bonds. The van der Waals surface area contributed by atoms with Crippen LogP contribution in [0.3, 0.4) is 0 Å². The van der Waals surface area contributed by atoms with E-state index in [1.165, 1.54) is 33.0 Å². The van der Waals surface area contributed by atoms with Gasteiger partial charge in [-0.3, -0.25) is 0 Å². The molecule has 3 nitrogen and oxygen atoms in total. The first-order valence-electron chi connectivity index (χ1n) is 19.0. The molecule has 0 saturated heterocycles. The smallest absolute Gasteiger partial charge is 0.135 e. The van der Waals surface area contributed by atoms with E-state index in [0.29, 0.717) is 0 Å². The molecule has 0 fully saturated rings. The van der Waals surface area contributed by atoms with Crippen molar-refractivity contribution in [3.8, 4) is 61.6 Å². The van der Waals surface area contributed by atoms with Crippen LogP contribution in [-0.2, 0) is 0 Å². The lowest BCUT2D eigenvalue weighted by molar-refractivity contribution is 0.669. The van der Waals surface area contributed by atoms with Gasteiger partial charge in [0.05, 0.1) is 22.4 Å². The van der Waals surface area contributed by atoms with E-state index in [2.05, 4.69) is 193 Å². The van der Waals surface area contributed by atoms with Crippen LogP contribution in [0.1, 0.15) is 0 Å². The molecule has 0 N–H and O–H groups in total. The summed E-state index contributed by atoms with van der Waals surface area (Å²) in [5, 5.41) is 4.69. The predicted octanol–water partition coefficient (Wildman–Crippen LogP) is 14.4. The highest BCUT2D eigenvalue weighted by molar-refractivity contribution is 6.12. The highest BCUT2D eigenvalue weighted by atomic mass is 16.3. The van der Waals surface area contributed by atoms with Crippen molar-refractivity contribution >= 4 is 43.7 Å².